The number of carbonyl (C=O) groups excluding carboxylic acids is 2. The van der Waals surface area contributed by atoms with Crippen molar-refractivity contribution in [2.45, 2.75) is 43.0 Å². The van der Waals surface area contributed by atoms with Crippen LogP contribution in [-0.2, 0) is 15.8 Å². The number of hydrogen-bond acceptors (Lipinski definition) is 7. The lowest BCUT2D eigenvalue weighted by atomic mass is 9.81. The van der Waals surface area contributed by atoms with Crippen LogP contribution in [-0.4, -0.2) is 58.1 Å². The second-order valence-electron chi connectivity index (χ2n) is 11.2. The second-order valence-corrected chi connectivity index (χ2v) is 11.2. The molecule has 2 aromatic heterocycles. The number of pyridine rings is 1. The second kappa shape index (κ2) is 10.2. The number of nitrogens with two attached hydrogens (primary N) is 1. The maximum atomic E-state index is 14.7. The van der Waals surface area contributed by atoms with Crippen molar-refractivity contribution in [3.8, 4) is 22.8 Å². The summed E-state index contributed by atoms with van der Waals surface area (Å²) in [5, 5.41) is 18.5. The Morgan fingerprint density at radius 2 is 1.91 bits per heavy atom. The fourth-order valence-electron chi connectivity index (χ4n) is 5.27. The van der Waals surface area contributed by atoms with E-state index in [9.17, 15) is 32.3 Å². The summed E-state index contributed by atoms with van der Waals surface area (Å²) in [6.45, 7) is -0.232. The molecule has 0 radical (unpaired) electrons. The van der Waals surface area contributed by atoms with Crippen LogP contribution in [0.3, 0.4) is 0 Å². The highest BCUT2D eigenvalue weighted by atomic mass is 19.4. The molecule has 2 aromatic carbocycles. The predicted molar refractivity (Wildman–Crippen MR) is 149 cm³/mol. The molecule has 1 aliphatic carbocycles. The molecule has 2 atom stereocenters. The van der Waals surface area contributed by atoms with E-state index in [0.717, 1.165) is 31.0 Å². The topological polar surface area (TPSA) is 142 Å². The van der Waals surface area contributed by atoms with Crippen molar-refractivity contribution < 1.29 is 41.7 Å². The number of benzene rings is 2. The predicted octanol–water partition coefficient (Wildman–Crippen LogP) is 3.90. The summed E-state index contributed by atoms with van der Waals surface area (Å²) in [6, 6.07) is 8.64. The number of alkyl halides is 3. The summed E-state index contributed by atoms with van der Waals surface area (Å²) in [5.74, 6) is -2.11. The van der Waals surface area contributed by atoms with Gasteiger partial charge < -0.3 is 25.6 Å². The molecule has 0 bridgehead atoms. The van der Waals surface area contributed by atoms with Crippen molar-refractivity contribution in [2.75, 3.05) is 20.3 Å². The van der Waals surface area contributed by atoms with Gasteiger partial charge in [-0.3, -0.25) is 14.3 Å². The number of primary amides is 1. The van der Waals surface area contributed by atoms with Gasteiger partial charge in [0.15, 0.2) is 0 Å². The number of rotatable bonds is 8. The molecule has 2 amide bonds. The Kier molecular flexibility index (Phi) is 6.79. The van der Waals surface area contributed by atoms with Gasteiger partial charge in [-0.15, -0.1) is 0 Å². The highest BCUT2D eigenvalue weighted by Gasteiger charge is 2.57. The quantitative estimate of drug-likeness (QED) is 0.256. The van der Waals surface area contributed by atoms with Gasteiger partial charge in [-0.05, 0) is 62.2 Å². The van der Waals surface area contributed by atoms with E-state index in [2.05, 4.69) is 15.4 Å². The molecule has 0 spiro atoms. The van der Waals surface area contributed by atoms with Gasteiger partial charge in [0.1, 0.15) is 35.0 Å². The number of hydrogen-bond donors (Lipinski definition) is 3. The Bertz CT molecular complexity index is 1800. The van der Waals surface area contributed by atoms with Gasteiger partial charge in [-0.25, -0.2) is 9.37 Å². The molecule has 2 aliphatic rings. The van der Waals surface area contributed by atoms with Gasteiger partial charge in [0.25, 0.3) is 5.91 Å². The molecule has 10 nitrogen and oxygen atoms in total. The lowest BCUT2D eigenvalue weighted by molar-refractivity contribution is -0.265. The number of carbonyl (C=O) groups is 2. The molecule has 1 fully saturated rings. The number of aromatic nitrogens is 3. The first-order valence-electron chi connectivity index (χ1n) is 13.6. The van der Waals surface area contributed by atoms with Crippen LogP contribution >= 0.6 is 0 Å². The van der Waals surface area contributed by atoms with Gasteiger partial charge in [-0.1, -0.05) is 0 Å². The molecule has 14 heteroatoms. The van der Waals surface area contributed by atoms with Crippen molar-refractivity contribution in [2.24, 2.45) is 5.73 Å². The van der Waals surface area contributed by atoms with E-state index in [1.807, 2.05) is 0 Å². The smallest absolute Gasteiger partial charge is 0.424 e. The minimum atomic E-state index is -5.35. The van der Waals surface area contributed by atoms with Gasteiger partial charge in [0.2, 0.25) is 11.5 Å². The maximum Gasteiger partial charge on any atom is 0.424 e. The Balaban J connectivity index is 1.41. The van der Waals surface area contributed by atoms with Crippen molar-refractivity contribution in [1.82, 2.24) is 20.1 Å². The number of nitrogens with zero attached hydrogens (tertiary/aromatic N) is 3. The minimum absolute atomic E-state index is 0.00936. The number of halogens is 4. The largest absolute Gasteiger partial charge is 0.496 e. The molecule has 4 aromatic rings. The van der Waals surface area contributed by atoms with Crippen LogP contribution in [0.15, 0.2) is 48.7 Å². The van der Waals surface area contributed by atoms with Crippen LogP contribution in [0.4, 0.5) is 17.6 Å². The summed E-state index contributed by atoms with van der Waals surface area (Å²) in [6.07, 6.45) is -1.95. The monoisotopic (exact) mass is 613 g/mol. The molecule has 0 saturated heterocycles. The third-order valence-electron chi connectivity index (χ3n) is 8.18. The molecule has 1 saturated carbocycles. The van der Waals surface area contributed by atoms with Crippen LogP contribution in [0.25, 0.3) is 22.2 Å². The summed E-state index contributed by atoms with van der Waals surface area (Å²) < 4.78 is 70.6. The van der Waals surface area contributed by atoms with E-state index >= 15 is 0 Å². The molecular formula is C30H27F4N5O5. The SMILES string of the molecule is COc1cc(C(=O)NCC(O)(c2cc3c(c(-c4ccc(F)cc4)n2)OC[C@]3(C)C(N)=O)C(F)(F)F)cc2c1cnn2C1CC1. The van der Waals surface area contributed by atoms with Gasteiger partial charge in [0, 0.05) is 16.7 Å². The Morgan fingerprint density at radius 1 is 1.20 bits per heavy atom. The van der Waals surface area contributed by atoms with E-state index in [4.69, 9.17) is 15.2 Å². The maximum absolute atomic E-state index is 14.7. The number of methoxy groups -OCH3 is 1. The van der Waals surface area contributed by atoms with Gasteiger partial charge >= 0.3 is 6.18 Å². The fourth-order valence-corrected chi connectivity index (χ4v) is 5.27. The summed E-state index contributed by atoms with van der Waals surface area (Å²) in [5.41, 5.74) is -0.0608. The molecule has 6 rings (SSSR count). The third kappa shape index (κ3) is 4.69. The average Bonchev–Trinajstić information content (AvgIpc) is 3.65. The molecule has 3 heterocycles. The van der Waals surface area contributed by atoms with Gasteiger partial charge in [0.05, 0.1) is 42.5 Å². The van der Waals surface area contributed by atoms with Gasteiger partial charge in [-0.2, -0.15) is 18.3 Å². The molecule has 1 aliphatic heterocycles. The van der Waals surface area contributed by atoms with Crippen LogP contribution < -0.4 is 20.5 Å². The first-order chi connectivity index (χ1) is 20.8. The molecular weight excluding hydrogens is 586 g/mol. The van der Waals surface area contributed by atoms with E-state index in [1.54, 1.807) is 10.9 Å². The lowest BCUT2D eigenvalue weighted by Crippen LogP contribution is -2.51. The summed E-state index contributed by atoms with van der Waals surface area (Å²) in [7, 11) is 1.40. The number of fused-ring (bicyclic) bond motifs is 2. The van der Waals surface area contributed by atoms with E-state index in [-0.39, 0.29) is 40.8 Å². The van der Waals surface area contributed by atoms with Crippen molar-refractivity contribution in [3.63, 3.8) is 0 Å². The number of amides is 2. The van der Waals surface area contributed by atoms with Crippen LogP contribution in [0, 0.1) is 5.82 Å². The average molecular weight is 614 g/mol. The first-order valence-corrected chi connectivity index (χ1v) is 13.6. The Labute approximate surface area is 247 Å². The number of aliphatic hydroxyl groups is 1. The minimum Gasteiger partial charge on any atom is -0.496 e. The lowest BCUT2D eigenvalue weighted by Gasteiger charge is -2.31. The van der Waals surface area contributed by atoms with Crippen LogP contribution in [0.5, 0.6) is 11.5 Å². The van der Waals surface area contributed by atoms with Crippen molar-refractivity contribution in [3.05, 3.63) is 71.3 Å². The van der Waals surface area contributed by atoms with Crippen LogP contribution in [0.2, 0.25) is 0 Å². The summed E-state index contributed by atoms with van der Waals surface area (Å²) >= 11 is 0. The van der Waals surface area contributed by atoms with Crippen LogP contribution in [0.1, 0.15) is 47.4 Å². The number of nitrogens with one attached hydrogen (secondary N) is 1. The zero-order chi connectivity index (χ0) is 31.6. The summed E-state index contributed by atoms with van der Waals surface area (Å²) in [4.78, 5) is 29.8. The molecule has 4 N–H and O–H groups in total. The normalized spacial score (nSPS) is 19.2. The van der Waals surface area contributed by atoms with E-state index in [0.29, 0.717) is 16.7 Å². The zero-order valence-corrected chi connectivity index (χ0v) is 23.5. The van der Waals surface area contributed by atoms with E-state index < -0.39 is 47.1 Å². The highest BCUT2D eigenvalue weighted by molar-refractivity contribution is 6.00. The first kappa shape index (κ1) is 29.4. The zero-order valence-electron chi connectivity index (χ0n) is 23.5. The standard InChI is InChI=1S/C30H27F4N5O5/c1-28(27(35)41)14-44-25-20(28)11-23(38-24(25)15-3-5-17(31)6-4-15)29(42,30(32,33)34)13-36-26(40)16-9-21-19(22(10-16)43-2)12-37-39(21)18-7-8-18/h3-6,9-12,18,42H,7-8,13-14H2,1-2H3,(H2,35,41)(H,36,40)/t28-,29?/m0/s1. The molecule has 230 valence electrons. The fraction of sp³-hybridized carbons (Fsp3) is 0.333. The highest BCUT2D eigenvalue weighted by Crippen LogP contribution is 2.48. The Hall–Kier alpha value is -4.72. The third-order valence-corrected chi connectivity index (χ3v) is 8.18. The number of ether oxygens (including phenoxy) is 2. The van der Waals surface area contributed by atoms with E-state index in [1.165, 1.54) is 38.3 Å². The van der Waals surface area contributed by atoms with Crippen molar-refractivity contribution in [1.29, 1.82) is 0 Å². The Morgan fingerprint density at radius 3 is 2.52 bits per heavy atom. The van der Waals surface area contributed by atoms with Crippen molar-refractivity contribution >= 4 is 22.7 Å². The molecule has 44 heavy (non-hydrogen) atoms. The molecule has 1 unspecified atom stereocenters.